The third-order valence-corrected chi connectivity index (χ3v) is 3.61. The van der Waals surface area contributed by atoms with Gasteiger partial charge in [-0.15, -0.1) is 0 Å². The van der Waals surface area contributed by atoms with Crippen LogP contribution < -0.4 is 0 Å². The van der Waals surface area contributed by atoms with E-state index < -0.39 is 6.10 Å². The highest BCUT2D eigenvalue weighted by Gasteiger charge is 2.08. The molecular formula is C19H20ClNO. The van der Waals surface area contributed by atoms with Gasteiger partial charge < -0.3 is 5.11 Å². The molecule has 0 aliphatic heterocycles. The molecule has 1 unspecified atom stereocenters. The van der Waals surface area contributed by atoms with E-state index in [2.05, 4.69) is 11.8 Å². The van der Waals surface area contributed by atoms with E-state index in [1.165, 1.54) is 0 Å². The van der Waals surface area contributed by atoms with Gasteiger partial charge in [-0.2, -0.15) is 0 Å². The van der Waals surface area contributed by atoms with Crippen molar-refractivity contribution >= 4 is 11.6 Å². The van der Waals surface area contributed by atoms with Crippen LogP contribution >= 0.6 is 11.6 Å². The van der Waals surface area contributed by atoms with E-state index in [1.54, 1.807) is 0 Å². The molecule has 0 heterocycles. The number of hydrogen-bond donors (Lipinski definition) is 1. The van der Waals surface area contributed by atoms with Crippen molar-refractivity contribution in [2.75, 3.05) is 20.1 Å². The summed E-state index contributed by atoms with van der Waals surface area (Å²) in [5.41, 5.74) is 1.98. The van der Waals surface area contributed by atoms with Crippen molar-refractivity contribution in [3.05, 3.63) is 70.7 Å². The number of nitrogens with zero attached hydrogens (tertiary/aromatic N) is 1. The molecule has 22 heavy (non-hydrogen) atoms. The van der Waals surface area contributed by atoms with Crippen LogP contribution in [0, 0.1) is 11.8 Å². The third kappa shape index (κ3) is 5.54. The Morgan fingerprint density at radius 1 is 1.09 bits per heavy atom. The van der Waals surface area contributed by atoms with Gasteiger partial charge in [-0.05, 0) is 31.2 Å². The summed E-state index contributed by atoms with van der Waals surface area (Å²) in [6, 6.07) is 17.6. The smallest absolute Gasteiger partial charge is 0.0707 e. The molecule has 0 aliphatic rings. The van der Waals surface area contributed by atoms with Crippen LogP contribution in [0.1, 0.15) is 11.1 Å². The zero-order valence-corrected chi connectivity index (χ0v) is 13.4. The van der Waals surface area contributed by atoms with Crippen molar-refractivity contribution < 1.29 is 5.11 Å². The van der Waals surface area contributed by atoms with Crippen LogP contribution in [0.4, 0.5) is 0 Å². The summed E-state index contributed by atoms with van der Waals surface area (Å²) in [4.78, 5) is 2.01. The predicted molar refractivity (Wildman–Crippen MR) is 92.0 cm³/mol. The number of aliphatic hydroxyl groups excluding tert-OH is 1. The lowest BCUT2D eigenvalue weighted by Crippen LogP contribution is -2.30. The van der Waals surface area contributed by atoms with E-state index in [4.69, 9.17) is 11.6 Å². The van der Waals surface area contributed by atoms with Gasteiger partial charge >= 0.3 is 0 Å². The Balaban J connectivity index is 1.81. The second-order valence-corrected chi connectivity index (χ2v) is 5.73. The molecule has 2 nitrogen and oxygen atoms in total. The van der Waals surface area contributed by atoms with Crippen LogP contribution in [0.25, 0.3) is 0 Å². The van der Waals surface area contributed by atoms with Crippen molar-refractivity contribution in [1.29, 1.82) is 0 Å². The lowest BCUT2D eigenvalue weighted by Gasteiger charge is -2.18. The first kappa shape index (κ1) is 16.6. The highest BCUT2D eigenvalue weighted by Crippen LogP contribution is 2.12. The zero-order chi connectivity index (χ0) is 15.8. The number of benzene rings is 2. The fourth-order valence-electron chi connectivity index (χ4n) is 2.21. The average Bonchev–Trinajstić information content (AvgIpc) is 2.50. The highest BCUT2D eigenvalue weighted by atomic mass is 35.5. The SMILES string of the molecule is CN(CC#Cc1ccccc1Cl)CC(O)Cc1ccccc1. The van der Waals surface area contributed by atoms with Gasteiger partial charge in [0.1, 0.15) is 0 Å². The molecule has 0 spiro atoms. The highest BCUT2D eigenvalue weighted by molar-refractivity contribution is 6.31. The molecule has 0 radical (unpaired) electrons. The number of rotatable bonds is 5. The fraction of sp³-hybridized carbons (Fsp3) is 0.263. The quantitative estimate of drug-likeness (QED) is 0.857. The predicted octanol–water partition coefficient (Wildman–Crippen LogP) is 3.23. The molecule has 0 saturated carbocycles. The van der Waals surface area contributed by atoms with Crippen molar-refractivity contribution in [3.8, 4) is 11.8 Å². The summed E-state index contributed by atoms with van der Waals surface area (Å²) < 4.78 is 0. The van der Waals surface area contributed by atoms with Gasteiger partial charge in [0.15, 0.2) is 0 Å². The fourth-order valence-corrected chi connectivity index (χ4v) is 2.39. The third-order valence-electron chi connectivity index (χ3n) is 3.28. The van der Waals surface area contributed by atoms with Crippen LogP contribution in [0.3, 0.4) is 0 Å². The molecule has 0 saturated heterocycles. The van der Waals surface area contributed by atoms with Gasteiger partial charge in [-0.25, -0.2) is 0 Å². The van der Waals surface area contributed by atoms with Gasteiger partial charge in [0.2, 0.25) is 0 Å². The molecule has 114 valence electrons. The number of likely N-dealkylation sites (N-methyl/N-ethyl adjacent to an activating group) is 1. The van der Waals surface area contributed by atoms with Gasteiger partial charge in [0.25, 0.3) is 0 Å². The van der Waals surface area contributed by atoms with E-state index in [0.29, 0.717) is 24.5 Å². The molecule has 0 bridgehead atoms. The molecule has 0 aromatic heterocycles. The minimum absolute atomic E-state index is 0.394. The van der Waals surface area contributed by atoms with E-state index in [-0.39, 0.29) is 0 Å². The molecule has 2 aromatic rings. The summed E-state index contributed by atoms with van der Waals surface area (Å²) in [5, 5.41) is 10.8. The van der Waals surface area contributed by atoms with Crippen LogP contribution in [0.15, 0.2) is 54.6 Å². The molecule has 3 heteroatoms. The van der Waals surface area contributed by atoms with Gasteiger partial charge in [-0.1, -0.05) is 65.9 Å². The maximum atomic E-state index is 10.1. The average molecular weight is 314 g/mol. The molecule has 1 N–H and O–H groups in total. The first-order chi connectivity index (χ1) is 10.6. The van der Waals surface area contributed by atoms with E-state index in [0.717, 1.165) is 11.1 Å². The monoisotopic (exact) mass is 313 g/mol. The van der Waals surface area contributed by atoms with Gasteiger partial charge in [0.05, 0.1) is 17.7 Å². The zero-order valence-electron chi connectivity index (χ0n) is 12.7. The Labute approximate surface area is 137 Å². The van der Waals surface area contributed by atoms with E-state index in [9.17, 15) is 5.11 Å². The largest absolute Gasteiger partial charge is 0.391 e. The first-order valence-corrected chi connectivity index (χ1v) is 7.67. The number of aliphatic hydroxyl groups is 1. The molecule has 2 rings (SSSR count). The van der Waals surface area contributed by atoms with Crippen molar-refractivity contribution in [1.82, 2.24) is 4.90 Å². The second kappa shape index (κ2) is 8.60. The van der Waals surface area contributed by atoms with Crippen molar-refractivity contribution in [2.45, 2.75) is 12.5 Å². The Bertz CT molecular complexity index is 645. The summed E-state index contributed by atoms with van der Waals surface area (Å²) in [6.07, 6.45) is 0.262. The van der Waals surface area contributed by atoms with E-state index >= 15 is 0 Å². The van der Waals surface area contributed by atoms with Crippen molar-refractivity contribution in [2.24, 2.45) is 0 Å². The van der Waals surface area contributed by atoms with E-state index in [1.807, 2.05) is 66.5 Å². The Hall–Kier alpha value is -1.79. The summed E-state index contributed by atoms with van der Waals surface area (Å²) in [7, 11) is 1.95. The number of halogens is 1. The molecule has 0 aliphatic carbocycles. The van der Waals surface area contributed by atoms with Crippen molar-refractivity contribution in [3.63, 3.8) is 0 Å². The minimum atomic E-state index is -0.394. The van der Waals surface area contributed by atoms with Crippen LogP contribution in [-0.4, -0.2) is 36.2 Å². The second-order valence-electron chi connectivity index (χ2n) is 5.32. The summed E-state index contributed by atoms with van der Waals surface area (Å²) in [6.45, 7) is 1.18. The molecule has 2 aromatic carbocycles. The molecular weight excluding hydrogens is 294 g/mol. The lowest BCUT2D eigenvalue weighted by atomic mass is 10.1. The topological polar surface area (TPSA) is 23.5 Å². The molecule has 1 atom stereocenters. The summed E-state index contributed by atoms with van der Waals surface area (Å²) in [5.74, 6) is 6.15. The standard InChI is InChI=1S/C19H20ClNO/c1-21(13-7-11-17-10-5-6-12-19(17)20)15-18(22)14-16-8-3-2-4-9-16/h2-6,8-10,12,18,22H,13-15H2,1H3. The minimum Gasteiger partial charge on any atom is -0.391 e. The molecule has 0 amide bonds. The normalized spacial score (nSPS) is 11.8. The van der Waals surface area contributed by atoms with Crippen LogP contribution in [-0.2, 0) is 6.42 Å². The maximum Gasteiger partial charge on any atom is 0.0707 e. The molecule has 0 fully saturated rings. The van der Waals surface area contributed by atoms with Crippen LogP contribution in [0.5, 0.6) is 0 Å². The van der Waals surface area contributed by atoms with Crippen LogP contribution in [0.2, 0.25) is 5.02 Å². The maximum absolute atomic E-state index is 10.1. The Morgan fingerprint density at radius 3 is 2.50 bits per heavy atom. The number of hydrogen-bond acceptors (Lipinski definition) is 2. The lowest BCUT2D eigenvalue weighted by molar-refractivity contribution is 0.132. The Kier molecular flexibility index (Phi) is 6.48. The van der Waals surface area contributed by atoms with Gasteiger partial charge in [0, 0.05) is 12.1 Å². The van der Waals surface area contributed by atoms with Gasteiger partial charge in [-0.3, -0.25) is 4.90 Å². The first-order valence-electron chi connectivity index (χ1n) is 7.29. The summed E-state index contributed by atoms with van der Waals surface area (Å²) >= 11 is 6.06. The Morgan fingerprint density at radius 2 is 1.77 bits per heavy atom.